The molecular formula is C14H20F3N. The molecule has 0 spiro atoms. The zero-order valence-electron chi connectivity index (χ0n) is 11.0. The first kappa shape index (κ1) is 15.0. The predicted octanol–water partition coefficient (Wildman–Crippen LogP) is 4.54. The van der Waals surface area contributed by atoms with Crippen LogP contribution in [-0.4, -0.2) is 6.04 Å². The van der Waals surface area contributed by atoms with Crippen molar-refractivity contribution >= 4 is 0 Å². The average molecular weight is 259 g/mol. The molecule has 18 heavy (non-hydrogen) atoms. The van der Waals surface area contributed by atoms with Crippen LogP contribution >= 0.6 is 0 Å². The molecule has 4 heteroatoms. The lowest BCUT2D eigenvalue weighted by Gasteiger charge is -2.22. The summed E-state index contributed by atoms with van der Waals surface area (Å²) in [7, 11) is 0. The maximum atomic E-state index is 12.5. The van der Waals surface area contributed by atoms with E-state index in [1.54, 1.807) is 12.1 Å². The molecule has 1 aromatic rings. The Morgan fingerprint density at radius 1 is 1.06 bits per heavy atom. The van der Waals surface area contributed by atoms with Crippen molar-refractivity contribution in [3.05, 3.63) is 35.4 Å². The topological polar surface area (TPSA) is 12.0 Å². The molecule has 0 bridgehead atoms. The van der Waals surface area contributed by atoms with Crippen LogP contribution < -0.4 is 5.32 Å². The Labute approximate surface area is 106 Å². The lowest BCUT2D eigenvalue weighted by molar-refractivity contribution is -0.137. The van der Waals surface area contributed by atoms with Crippen molar-refractivity contribution in [2.24, 2.45) is 0 Å². The van der Waals surface area contributed by atoms with E-state index >= 15 is 0 Å². The third kappa shape index (κ3) is 4.02. The van der Waals surface area contributed by atoms with Crippen molar-refractivity contribution in [1.82, 2.24) is 5.32 Å². The highest BCUT2D eigenvalue weighted by atomic mass is 19.4. The van der Waals surface area contributed by atoms with E-state index in [9.17, 15) is 13.2 Å². The maximum Gasteiger partial charge on any atom is 0.416 e. The lowest BCUT2D eigenvalue weighted by atomic mass is 10.0. The number of alkyl halides is 3. The van der Waals surface area contributed by atoms with E-state index in [1.807, 2.05) is 6.92 Å². The van der Waals surface area contributed by atoms with Crippen LogP contribution in [-0.2, 0) is 6.18 Å². The Bertz CT molecular complexity index is 356. The van der Waals surface area contributed by atoms with Crippen LogP contribution in [0, 0.1) is 0 Å². The van der Waals surface area contributed by atoms with Gasteiger partial charge in [0.15, 0.2) is 0 Å². The summed E-state index contributed by atoms with van der Waals surface area (Å²) in [5.74, 6) is 0. The minimum absolute atomic E-state index is 0.113. The summed E-state index contributed by atoms with van der Waals surface area (Å²) in [4.78, 5) is 0. The van der Waals surface area contributed by atoms with Gasteiger partial charge in [-0.25, -0.2) is 0 Å². The first-order chi connectivity index (χ1) is 8.38. The van der Waals surface area contributed by atoms with Gasteiger partial charge in [-0.1, -0.05) is 26.0 Å². The van der Waals surface area contributed by atoms with Gasteiger partial charge in [0.2, 0.25) is 0 Å². The van der Waals surface area contributed by atoms with E-state index in [-0.39, 0.29) is 6.04 Å². The Morgan fingerprint density at radius 2 is 1.61 bits per heavy atom. The molecule has 2 unspecified atom stereocenters. The zero-order chi connectivity index (χ0) is 13.8. The highest BCUT2D eigenvalue weighted by Crippen LogP contribution is 2.30. The predicted molar refractivity (Wildman–Crippen MR) is 67.4 cm³/mol. The summed E-state index contributed by atoms with van der Waals surface area (Å²) in [6, 6.07) is 5.89. The van der Waals surface area contributed by atoms with Crippen LogP contribution in [0.15, 0.2) is 24.3 Å². The summed E-state index contributed by atoms with van der Waals surface area (Å²) in [5.41, 5.74) is 0.315. The van der Waals surface area contributed by atoms with Crippen molar-refractivity contribution in [3.8, 4) is 0 Å². The van der Waals surface area contributed by atoms with Crippen molar-refractivity contribution in [3.63, 3.8) is 0 Å². The lowest BCUT2D eigenvalue weighted by Crippen LogP contribution is -2.29. The molecule has 1 N–H and O–H groups in total. The highest BCUT2D eigenvalue weighted by molar-refractivity contribution is 5.26. The standard InChI is InChI=1S/C14H20F3N/c1-4-10(3)18-13(5-2)11-6-8-12(9-7-11)14(15,16)17/h6-10,13,18H,4-5H2,1-3H3. The minimum Gasteiger partial charge on any atom is -0.307 e. The Hall–Kier alpha value is -1.03. The van der Waals surface area contributed by atoms with Gasteiger partial charge in [-0.2, -0.15) is 13.2 Å². The molecular weight excluding hydrogens is 239 g/mol. The molecule has 102 valence electrons. The minimum atomic E-state index is -4.26. The Balaban J connectivity index is 2.82. The average Bonchev–Trinajstić information content (AvgIpc) is 2.34. The van der Waals surface area contributed by atoms with Crippen LogP contribution in [0.4, 0.5) is 13.2 Å². The number of hydrogen-bond donors (Lipinski definition) is 1. The number of benzene rings is 1. The molecule has 0 saturated heterocycles. The van der Waals surface area contributed by atoms with Gasteiger partial charge in [0, 0.05) is 12.1 Å². The van der Waals surface area contributed by atoms with Crippen molar-refractivity contribution in [1.29, 1.82) is 0 Å². The molecule has 0 aliphatic heterocycles. The van der Waals surface area contributed by atoms with E-state index in [0.29, 0.717) is 6.04 Å². The Kier molecular flexibility index (Phi) is 5.20. The first-order valence-electron chi connectivity index (χ1n) is 6.31. The normalized spacial score (nSPS) is 15.4. The largest absolute Gasteiger partial charge is 0.416 e. The SMILES string of the molecule is CCC(C)NC(CC)c1ccc(C(F)(F)F)cc1. The second kappa shape index (κ2) is 6.23. The molecule has 0 radical (unpaired) electrons. The van der Waals surface area contributed by atoms with Gasteiger partial charge >= 0.3 is 6.18 Å². The van der Waals surface area contributed by atoms with Gasteiger partial charge in [-0.15, -0.1) is 0 Å². The monoisotopic (exact) mass is 259 g/mol. The molecule has 2 atom stereocenters. The second-order valence-electron chi connectivity index (χ2n) is 4.56. The molecule has 1 nitrogen and oxygen atoms in total. The summed E-state index contributed by atoms with van der Waals surface area (Å²) >= 11 is 0. The molecule has 1 rings (SSSR count). The fraction of sp³-hybridized carbons (Fsp3) is 0.571. The summed E-state index contributed by atoms with van der Waals surface area (Å²) in [6.07, 6.45) is -2.41. The first-order valence-corrected chi connectivity index (χ1v) is 6.31. The van der Waals surface area contributed by atoms with Gasteiger partial charge in [0.1, 0.15) is 0 Å². The molecule has 0 aliphatic rings. The molecule has 0 aliphatic carbocycles. The summed E-state index contributed by atoms with van der Waals surface area (Å²) < 4.78 is 37.4. The molecule has 0 saturated carbocycles. The molecule has 0 aromatic heterocycles. The zero-order valence-corrected chi connectivity index (χ0v) is 11.0. The van der Waals surface area contributed by atoms with Crippen LogP contribution in [0.2, 0.25) is 0 Å². The van der Waals surface area contributed by atoms with Gasteiger partial charge < -0.3 is 5.32 Å². The van der Waals surface area contributed by atoms with Crippen molar-refractivity contribution < 1.29 is 13.2 Å². The van der Waals surface area contributed by atoms with Crippen molar-refractivity contribution in [2.75, 3.05) is 0 Å². The molecule has 0 heterocycles. The van der Waals surface area contributed by atoms with Gasteiger partial charge in [-0.05, 0) is 37.5 Å². The summed E-state index contributed by atoms with van der Waals surface area (Å²) in [5, 5.41) is 3.41. The van der Waals surface area contributed by atoms with E-state index in [1.165, 1.54) is 0 Å². The molecule has 0 amide bonds. The van der Waals surface area contributed by atoms with Crippen LogP contribution in [0.25, 0.3) is 0 Å². The third-order valence-corrected chi connectivity index (χ3v) is 3.15. The van der Waals surface area contributed by atoms with E-state index in [2.05, 4.69) is 19.2 Å². The van der Waals surface area contributed by atoms with Gasteiger partial charge in [0.25, 0.3) is 0 Å². The van der Waals surface area contributed by atoms with E-state index in [0.717, 1.165) is 30.5 Å². The van der Waals surface area contributed by atoms with Gasteiger partial charge in [0.05, 0.1) is 5.56 Å². The molecule has 1 aromatic carbocycles. The number of nitrogens with one attached hydrogen (secondary N) is 1. The maximum absolute atomic E-state index is 12.5. The van der Waals surface area contributed by atoms with Crippen LogP contribution in [0.5, 0.6) is 0 Å². The smallest absolute Gasteiger partial charge is 0.307 e. The fourth-order valence-corrected chi connectivity index (χ4v) is 1.82. The quantitative estimate of drug-likeness (QED) is 0.818. The molecule has 0 fully saturated rings. The number of hydrogen-bond acceptors (Lipinski definition) is 1. The Morgan fingerprint density at radius 3 is 2.00 bits per heavy atom. The second-order valence-corrected chi connectivity index (χ2v) is 4.56. The summed E-state index contributed by atoms with van der Waals surface area (Å²) in [6.45, 7) is 6.18. The third-order valence-electron chi connectivity index (χ3n) is 3.15. The van der Waals surface area contributed by atoms with Crippen LogP contribution in [0.1, 0.15) is 50.8 Å². The van der Waals surface area contributed by atoms with E-state index < -0.39 is 11.7 Å². The fourth-order valence-electron chi connectivity index (χ4n) is 1.82. The van der Waals surface area contributed by atoms with Gasteiger partial charge in [-0.3, -0.25) is 0 Å². The number of rotatable bonds is 5. The number of halogens is 3. The van der Waals surface area contributed by atoms with E-state index in [4.69, 9.17) is 0 Å². The van der Waals surface area contributed by atoms with Crippen LogP contribution in [0.3, 0.4) is 0 Å². The highest BCUT2D eigenvalue weighted by Gasteiger charge is 2.30. The van der Waals surface area contributed by atoms with Crippen molar-refractivity contribution in [2.45, 2.75) is 51.9 Å².